The van der Waals surface area contributed by atoms with Crippen LogP contribution in [0.25, 0.3) is 10.8 Å². The van der Waals surface area contributed by atoms with Gasteiger partial charge in [0.25, 0.3) is 5.56 Å². The Bertz CT molecular complexity index is 706. The van der Waals surface area contributed by atoms with Gasteiger partial charge in [0.2, 0.25) is 0 Å². The highest BCUT2D eigenvalue weighted by molar-refractivity contribution is 9.11. The Balaban J connectivity index is 2.83. The molecule has 0 unspecified atom stereocenters. The number of halogens is 1. The van der Waals surface area contributed by atoms with Crippen molar-refractivity contribution in [2.75, 3.05) is 0 Å². The van der Waals surface area contributed by atoms with Gasteiger partial charge < -0.3 is 5.11 Å². The van der Waals surface area contributed by atoms with E-state index in [9.17, 15) is 9.59 Å². The van der Waals surface area contributed by atoms with E-state index in [0.29, 0.717) is 15.3 Å². The minimum Gasteiger partial charge on any atom is -0.476 e. The topological polar surface area (TPSA) is 72.2 Å². The zero-order valence-corrected chi connectivity index (χ0v) is 10.8. The molecule has 0 fully saturated rings. The van der Waals surface area contributed by atoms with Gasteiger partial charge in [0.1, 0.15) is 0 Å². The Morgan fingerprint density at radius 2 is 2.00 bits per heavy atom. The molecule has 1 aromatic carbocycles. The summed E-state index contributed by atoms with van der Waals surface area (Å²) in [4.78, 5) is 23.2. The maximum atomic E-state index is 12.1. The van der Waals surface area contributed by atoms with Gasteiger partial charge >= 0.3 is 5.97 Å². The van der Waals surface area contributed by atoms with Gasteiger partial charge in [-0.2, -0.15) is 5.10 Å². The van der Waals surface area contributed by atoms with Crippen LogP contribution in [0.5, 0.6) is 0 Å². The Labute approximate surface area is 110 Å². The lowest BCUT2D eigenvalue weighted by Gasteiger charge is -2.07. The molecule has 0 atom stereocenters. The highest BCUT2D eigenvalue weighted by Gasteiger charge is 2.15. The molecule has 1 N–H and O–H groups in total. The standard InChI is InChI=1S/C12H9BrN2O3/c1-7(13)6-15-11(16)9-5-3-2-4-8(9)10(14-15)12(17)18/h2-5H,1,6H2,(H,17,18). The van der Waals surface area contributed by atoms with Crippen molar-refractivity contribution in [1.82, 2.24) is 9.78 Å². The predicted molar refractivity (Wildman–Crippen MR) is 71.0 cm³/mol. The molecule has 0 saturated heterocycles. The number of carboxylic acid groups (broad SMARTS) is 1. The van der Waals surface area contributed by atoms with E-state index in [1.54, 1.807) is 24.3 Å². The largest absolute Gasteiger partial charge is 0.476 e. The van der Waals surface area contributed by atoms with Crippen molar-refractivity contribution in [1.29, 1.82) is 0 Å². The Morgan fingerprint density at radius 3 is 2.56 bits per heavy atom. The number of carbonyl (C=O) groups is 1. The number of aromatic carboxylic acids is 1. The number of hydrogen-bond acceptors (Lipinski definition) is 3. The van der Waals surface area contributed by atoms with E-state index in [1.807, 2.05) is 0 Å². The van der Waals surface area contributed by atoms with E-state index in [1.165, 1.54) is 0 Å². The van der Waals surface area contributed by atoms with E-state index in [0.717, 1.165) is 4.68 Å². The van der Waals surface area contributed by atoms with Crippen molar-refractivity contribution in [2.24, 2.45) is 0 Å². The third-order valence-electron chi connectivity index (χ3n) is 2.39. The second-order valence-corrected chi connectivity index (χ2v) is 4.80. The van der Waals surface area contributed by atoms with E-state index in [4.69, 9.17) is 5.11 Å². The van der Waals surface area contributed by atoms with Gasteiger partial charge in [-0.3, -0.25) is 4.79 Å². The molecule has 1 heterocycles. The normalized spacial score (nSPS) is 10.5. The van der Waals surface area contributed by atoms with Gasteiger partial charge in [-0.15, -0.1) is 0 Å². The number of nitrogens with zero attached hydrogens (tertiary/aromatic N) is 2. The lowest BCUT2D eigenvalue weighted by atomic mass is 10.1. The number of carboxylic acids is 1. The molecule has 0 aliphatic rings. The summed E-state index contributed by atoms with van der Waals surface area (Å²) in [6, 6.07) is 6.51. The summed E-state index contributed by atoms with van der Waals surface area (Å²) in [6.07, 6.45) is 0. The average molecular weight is 309 g/mol. The molecule has 0 radical (unpaired) electrons. The summed E-state index contributed by atoms with van der Waals surface area (Å²) in [5.41, 5.74) is -0.477. The van der Waals surface area contributed by atoms with Gasteiger partial charge in [-0.05, 0) is 6.07 Å². The number of benzene rings is 1. The first-order valence-corrected chi connectivity index (χ1v) is 5.86. The zero-order chi connectivity index (χ0) is 13.3. The number of fused-ring (bicyclic) bond motifs is 1. The van der Waals surface area contributed by atoms with Crippen LogP contribution in [0.2, 0.25) is 0 Å². The van der Waals surface area contributed by atoms with Crippen molar-refractivity contribution in [2.45, 2.75) is 6.54 Å². The fourth-order valence-electron chi connectivity index (χ4n) is 1.66. The SMILES string of the molecule is C=C(Br)Cn1nc(C(=O)O)c2ccccc2c1=O. The minimum absolute atomic E-state index is 0.129. The molecular weight excluding hydrogens is 300 g/mol. The van der Waals surface area contributed by atoms with Crippen molar-refractivity contribution >= 4 is 32.7 Å². The summed E-state index contributed by atoms with van der Waals surface area (Å²) in [5, 5.41) is 13.6. The molecule has 0 saturated carbocycles. The first-order chi connectivity index (χ1) is 8.50. The van der Waals surface area contributed by atoms with Crippen LogP contribution in [0, 0.1) is 0 Å². The molecular formula is C12H9BrN2O3. The molecule has 2 aromatic rings. The van der Waals surface area contributed by atoms with Crippen molar-refractivity contribution in [3.05, 3.63) is 51.4 Å². The predicted octanol–water partition coefficient (Wildman–Crippen LogP) is 2.00. The van der Waals surface area contributed by atoms with Crippen LogP contribution in [-0.4, -0.2) is 20.9 Å². The Morgan fingerprint density at radius 1 is 1.39 bits per heavy atom. The summed E-state index contributed by atoms with van der Waals surface area (Å²) < 4.78 is 1.63. The Kier molecular flexibility index (Phi) is 3.29. The monoisotopic (exact) mass is 308 g/mol. The van der Waals surface area contributed by atoms with Gasteiger partial charge in [-0.25, -0.2) is 9.48 Å². The molecule has 0 aliphatic carbocycles. The second-order valence-electron chi connectivity index (χ2n) is 3.68. The minimum atomic E-state index is -1.17. The molecule has 0 amide bonds. The molecule has 18 heavy (non-hydrogen) atoms. The van der Waals surface area contributed by atoms with E-state index in [-0.39, 0.29) is 17.8 Å². The lowest BCUT2D eigenvalue weighted by molar-refractivity contribution is 0.0690. The van der Waals surface area contributed by atoms with E-state index < -0.39 is 5.97 Å². The third-order valence-corrected chi connectivity index (χ3v) is 2.64. The summed E-state index contributed by atoms with van der Waals surface area (Å²) in [5.74, 6) is -1.17. The van der Waals surface area contributed by atoms with Crippen LogP contribution in [0.15, 0.2) is 40.1 Å². The number of rotatable bonds is 3. The van der Waals surface area contributed by atoms with Crippen LogP contribution < -0.4 is 5.56 Å². The van der Waals surface area contributed by atoms with Crippen molar-refractivity contribution in [3.8, 4) is 0 Å². The second kappa shape index (κ2) is 4.73. The average Bonchev–Trinajstić information content (AvgIpc) is 2.32. The van der Waals surface area contributed by atoms with Crippen LogP contribution >= 0.6 is 15.9 Å². The summed E-state index contributed by atoms with van der Waals surface area (Å²) >= 11 is 3.13. The van der Waals surface area contributed by atoms with Gasteiger partial charge in [0.15, 0.2) is 5.69 Å². The number of allylic oxidation sites excluding steroid dienone is 1. The van der Waals surface area contributed by atoms with E-state index >= 15 is 0 Å². The fourth-order valence-corrected chi connectivity index (χ4v) is 1.90. The number of hydrogen-bond donors (Lipinski definition) is 1. The summed E-state index contributed by atoms with van der Waals surface area (Å²) in [6.45, 7) is 3.74. The lowest BCUT2D eigenvalue weighted by Crippen LogP contribution is -2.26. The Hall–Kier alpha value is -1.95. The van der Waals surface area contributed by atoms with Gasteiger partial charge in [0, 0.05) is 9.87 Å². The van der Waals surface area contributed by atoms with Crippen LogP contribution in [0.1, 0.15) is 10.5 Å². The molecule has 6 heteroatoms. The highest BCUT2D eigenvalue weighted by Crippen LogP contribution is 2.14. The van der Waals surface area contributed by atoms with Crippen molar-refractivity contribution in [3.63, 3.8) is 0 Å². The molecule has 0 aliphatic heterocycles. The zero-order valence-electron chi connectivity index (χ0n) is 9.26. The molecule has 0 spiro atoms. The molecule has 0 bridgehead atoms. The first kappa shape index (κ1) is 12.5. The molecule has 5 nitrogen and oxygen atoms in total. The summed E-state index contributed by atoms with van der Waals surface area (Å²) in [7, 11) is 0. The smallest absolute Gasteiger partial charge is 0.357 e. The van der Waals surface area contributed by atoms with E-state index in [2.05, 4.69) is 27.6 Å². The highest BCUT2D eigenvalue weighted by atomic mass is 79.9. The molecule has 92 valence electrons. The third kappa shape index (κ3) is 2.19. The first-order valence-electron chi connectivity index (χ1n) is 5.07. The fraction of sp³-hybridized carbons (Fsp3) is 0.0833. The maximum absolute atomic E-state index is 12.1. The van der Waals surface area contributed by atoms with Crippen LogP contribution in [0.3, 0.4) is 0 Å². The maximum Gasteiger partial charge on any atom is 0.357 e. The van der Waals surface area contributed by atoms with Crippen LogP contribution in [0.4, 0.5) is 0 Å². The number of aromatic nitrogens is 2. The van der Waals surface area contributed by atoms with Crippen LogP contribution in [-0.2, 0) is 6.54 Å². The molecule has 2 rings (SSSR count). The van der Waals surface area contributed by atoms with Gasteiger partial charge in [0.05, 0.1) is 11.9 Å². The van der Waals surface area contributed by atoms with Gasteiger partial charge in [-0.1, -0.05) is 40.7 Å². The quantitative estimate of drug-likeness (QED) is 0.941. The van der Waals surface area contributed by atoms with Crippen molar-refractivity contribution < 1.29 is 9.90 Å². The molecule has 1 aromatic heterocycles.